The van der Waals surface area contributed by atoms with Crippen molar-refractivity contribution in [1.82, 2.24) is 4.57 Å². The highest BCUT2D eigenvalue weighted by Gasteiger charge is 2.23. The number of methoxy groups -OCH3 is 1. The van der Waals surface area contributed by atoms with E-state index in [1.807, 2.05) is 19.9 Å². The molecule has 1 N–H and O–H groups in total. The molecule has 0 atom stereocenters. The normalized spacial score (nSPS) is 11.4. The molecule has 0 saturated carbocycles. The van der Waals surface area contributed by atoms with Crippen molar-refractivity contribution in [2.45, 2.75) is 25.7 Å². The van der Waals surface area contributed by atoms with Crippen molar-refractivity contribution < 1.29 is 22.7 Å². The zero-order valence-corrected chi connectivity index (χ0v) is 20.1. The maximum absolute atomic E-state index is 13.4. The van der Waals surface area contributed by atoms with Gasteiger partial charge in [-0.15, -0.1) is 0 Å². The van der Waals surface area contributed by atoms with Gasteiger partial charge in [-0.25, -0.2) is 13.2 Å². The van der Waals surface area contributed by atoms with E-state index in [1.54, 1.807) is 55.5 Å². The number of carbonyl (C=O) groups is 2. The summed E-state index contributed by atoms with van der Waals surface area (Å²) in [6.07, 6.45) is 1.42. The minimum atomic E-state index is -3.95. The Morgan fingerprint density at radius 2 is 1.59 bits per heavy atom. The van der Waals surface area contributed by atoms with Crippen LogP contribution < -0.4 is 4.72 Å². The first-order valence-corrected chi connectivity index (χ1v) is 12.0. The fraction of sp³-hybridized carbons (Fsp3) is 0.154. The van der Waals surface area contributed by atoms with Gasteiger partial charge in [-0.1, -0.05) is 30.3 Å². The van der Waals surface area contributed by atoms with Gasteiger partial charge < -0.3 is 4.74 Å². The van der Waals surface area contributed by atoms with E-state index in [1.165, 1.54) is 23.9 Å². The maximum Gasteiger partial charge on any atom is 0.340 e. The van der Waals surface area contributed by atoms with Gasteiger partial charge in [-0.05, 0) is 67.8 Å². The molecule has 0 amide bonds. The Morgan fingerprint density at radius 3 is 2.29 bits per heavy atom. The van der Waals surface area contributed by atoms with Crippen molar-refractivity contribution in [1.29, 1.82) is 0 Å². The fourth-order valence-electron chi connectivity index (χ4n) is 3.80. The van der Waals surface area contributed by atoms with Crippen LogP contribution in [0.5, 0.6) is 0 Å². The summed E-state index contributed by atoms with van der Waals surface area (Å²) in [4.78, 5) is 25.6. The quantitative estimate of drug-likeness (QED) is 0.416. The minimum Gasteiger partial charge on any atom is -0.465 e. The van der Waals surface area contributed by atoms with Crippen molar-refractivity contribution >= 4 is 38.5 Å². The number of carbonyl (C=O) groups excluding carboxylic acids is 2. The Kier molecular flexibility index (Phi) is 6.01. The van der Waals surface area contributed by atoms with Crippen LogP contribution in [0.25, 0.3) is 10.9 Å². The first-order chi connectivity index (χ1) is 16.1. The topological polar surface area (TPSA) is 94.5 Å². The van der Waals surface area contributed by atoms with Crippen LogP contribution in [0.3, 0.4) is 0 Å². The van der Waals surface area contributed by atoms with Gasteiger partial charge in [0.2, 0.25) is 0 Å². The van der Waals surface area contributed by atoms with E-state index < -0.39 is 21.9 Å². The van der Waals surface area contributed by atoms with Crippen LogP contribution in [-0.2, 0) is 14.8 Å². The number of sulfonamides is 1. The number of benzene rings is 3. The van der Waals surface area contributed by atoms with Crippen LogP contribution in [0.4, 0.5) is 5.69 Å². The number of aryl methyl sites for hydroxylation is 3. The Bertz CT molecular complexity index is 1550. The largest absolute Gasteiger partial charge is 0.465 e. The third kappa shape index (κ3) is 4.20. The highest BCUT2D eigenvalue weighted by atomic mass is 32.2. The molecule has 4 aromatic rings. The Hall–Kier alpha value is -3.91. The molecule has 0 bridgehead atoms. The molecule has 1 aromatic heterocycles. The molecular formula is C26H24N2O5S. The molecule has 174 valence electrons. The van der Waals surface area contributed by atoms with Crippen molar-refractivity contribution in [3.05, 3.63) is 94.7 Å². The molecule has 0 aliphatic rings. The molecule has 1 heterocycles. The number of ether oxygens (including phenoxy) is 1. The smallest absolute Gasteiger partial charge is 0.340 e. The van der Waals surface area contributed by atoms with E-state index in [-0.39, 0.29) is 16.0 Å². The summed E-state index contributed by atoms with van der Waals surface area (Å²) in [6.45, 7) is 5.52. The summed E-state index contributed by atoms with van der Waals surface area (Å²) in [7, 11) is -2.68. The maximum atomic E-state index is 13.4. The van der Waals surface area contributed by atoms with E-state index in [0.29, 0.717) is 22.2 Å². The number of nitrogens with zero attached hydrogens (tertiary/aromatic N) is 1. The number of nitrogens with one attached hydrogen (secondary N) is 1. The van der Waals surface area contributed by atoms with E-state index >= 15 is 0 Å². The molecule has 0 fully saturated rings. The number of anilines is 1. The summed E-state index contributed by atoms with van der Waals surface area (Å²) in [6, 6.07) is 16.8. The van der Waals surface area contributed by atoms with Gasteiger partial charge in [0.1, 0.15) is 0 Å². The fourth-order valence-corrected chi connectivity index (χ4v) is 5.12. The van der Waals surface area contributed by atoms with Crippen LogP contribution in [-0.4, -0.2) is 32.0 Å². The zero-order valence-electron chi connectivity index (χ0n) is 19.2. The molecule has 34 heavy (non-hydrogen) atoms. The van der Waals surface area contributed by atoms with Gasteiger partial charge in [-0.3, -0.25) is 14.1 Å². The standard InChI is InChI=1S/C26H24N2O5S/c1-16-10-12-20(13-18(16)3)27-34(31,32)24-14-19(11-9-17(24)2)25(29)28-15-22(26(30)33-4)21-7-5-6-8-23(21)28/h5-15,27H,1-4H3. The Morgan fingerprint density at radius 1 is 0.882 bits per heavy atom. The van der Waals surface area contributed by atoms with Gasteiger partial charge in [0.05, 0.1) is 23.1 Å². The van der Waals surface area contributed by atoms with Crippen LogP contribution in [0.15, 0.2) is 71.8 Å². The third-order valence-corrected chi connectivity index (χ3v) is 7.34. The number of hydrogen-bond donors (Lipinski definition) is 1. The highest BCUT2D eigenvalue weighted by Crippen LogP contribution is 2.26. The predicted octanol–water partition coefficient (Wildman–Crippen LogP) is 4.84. The van der Waals surface area contributed by atoms with E-state index in [9.17, 15) is 18.0 Å². The molecule has 0 aliphatic carbocycles. The Balaban J connectivity index is 1.76. The third-order valence-electron chi connectivity index (χ3n) is 5.82. The number of fused-ring (bicyclic) bond motifs is 1. The molecule has 7 nitrogen and oxygen atoms in total. The lowest BCUT2D eigenvalue weighted by molar-refractivity contribution is 0.0603. The Labute approximate surface area is 198 Å². The highest BCUT2D eigenvalue weighted by molar-refractivity contribution is 7.92. The van der Waals surface area contributed by atoms with E-state index in [2.05, 4.69) is 4.72 Å². The summed E-state index contributed by atoms with van der Waals surface area (Å²) < 4.78 is 35.1. The van der Waals surface area contributed by atoms with Crippen molar-refractivity contribution in [2.75, 3.05) is 11.8 Å². The minimum absolute atomic E-state index is 0.00114. The number of para-hydroxylation sites is 1. The van der Waals surface area contributed by atoms with Crippen LogP contribution in [0.2, 0.25) is 0 Å². The monoisotopic (exact) mass is 476 g/mol. The van der Waals surface area contributed by atoms with Gasteiger partial charge in [0.25, 0.3) is 15.9 Å². The molecule has 0 spiro atoms. The average Bonchev–Trinajstić information content (AvgIpc) is 3.20. The lowest BCUT2D eigenvalue weighted by Gasteiger charge is -2.13. The van der Waals surface area contributed by atoms with Crippen LogP contribution >= 0.6 is 0 Å². The molecule has 3 aromatic carbocycles. The van der Waals surface area contributed by atoms with Gasteiger partial charge >= 0.3 is 5.97 Å². The lowest BCUT2D eigenvalue weighted by atomic mass is 10.1. The van der Waals surface area contributed by atoms with E-state index in [4.69, 9.17) is 4.74 Å². The predicted molar refractivity (Wildman–Crippen MR) is 131 cm³/mol. The summed E-state index contributed by atoms with van der Waals surface area (Å²) in [5, 5.41) is 0.569. The molecule has 0 unspecified atom stereocenters. The average molecular weight is 477 g/mol. The molecule has 0 aliphatic heterocycles. The second-order valence-electron chi connectivity index (χ2n) is 8.11. The van der Waals surface area contributed by atoms with Gasteiger partial charge in [-0.2, -0.15) is 0 Å². The number of esters is 1. The SMILES string of the molecule is COC(=O)c1cn(C(=O)c2ccc(C)c(S(=O)(=O)Nc3ccc(C)c(C)c3)c2)c2ccccc12. The van der Waals surface area contributed by atoms with Crippen LogP contribution in [0, 0.1) is 20.8 Å². The van der Waals surface area contributed by atoms with Crippen molar-refractivity contribution in [3.63, 3.8) is 0 Å². The van der Waals surface area contributed by atoms with E-state index in [0.717, 1.165) is 11.1 Å². The second-order valence-corrected chi connectivity index (χ2v) is 9.76. The molecule has 4 rings (SSSR count). The van der Waals surface area contributed by atoms with Gasteiger partial charge in [0.15, 0.2) is 0 Å². The van der Waals surface area contributed by atoms with Crippen molar-refractivity contribution in [2.24, 2.45) is 0 Å². The van der Waals surface area contributed by atoms with Gasteiger partial charge in [0, 0.05) is 22.8 Å². The second kappa shape index (κ2) is 8.79. The first kappa shape index (κ1) is 23.3. The van der Waals surface area contributed by atoms with Crippen LogP contribution in [0.1, 0.15) is 37.4 Å². The van der Waals surface area contributed by atoms with Crippen molar-refractivity contribution in [3.8, 4) is 0 Å². The zero-order chi connectivity index (χ0) is 24.6. The molecular weight excluding hydrogens is 452 g/mol. The first-order valence-electron chi connectivity index (χ1n) is 10.6. The number of rotatable bonds is 5. The number of aromatic nitrogens is 1. The molecule has 0 saturated heterocycles. The summed E-state index contributed by atoms with van der Waals surface area (Å²) in [5.74, 6) is -1.03. The lowest BCUT2D eigenvalue weighted by Crippen LogP contribution is -2.17. The summed E-state index contributed by atoms with van der Waals surface area (Å²) >= 11 is 0. The number of hydrogen-bond acceptors (Lipinski definition) is 5. The molecule has 8 heteroatoms. The molecule has 0 radical (unpaired) electrons. The summed E-state index contributed by atoms with van der Waals surface area (Å²) in [5.41, 5.74) is 3.90.